The predicted octanol–water partition coefficient (Wildman–Crippen LogP) is -0.476. The van der Waals surface area contributed by atoms with Crippen molar-refractivity contribution in [3.8, 4) is 0 Å². The van der Waals surface area contributed by atoms with Gasteiger partial charge in [0.05, 0.1) is 0 Å². The molecule has 3 nitrogen and oxygen atoms in total. The van der Waals surface area contributed by atoms with Gasteiger partial charge in [-0.05, 0) is 20.9 Å². The van der Waals surface area contributed by atoms with E-state index in [4.69, 9.17) is 5.11 Å². The summed E-state index contributed by atoms with van der Waals surface area (Å²) in [7, 11) is 1.88. The van der Waals surface area contributed by atoms with Gasteiger partial charge in [0, 0.05) is 13.1 Å². The molecule has 0 saturated heterocycles. The molecule has 0 bridgehead atoms. The second-order valence-electron chi connectivity index (χ2n) is 2.59. The molecule has 9 heavy (non-hydrogen) atoms. The molecule has 0 rings (SSSR count). The van der Waals surface area contributed by atoms with Crippen LogP contribution in [0.5, 0.6) is 0 Å². The Balaban J connectivity index is 3.07. The fourth-order valence-electron chi connectivity index (χ4n) is 0.493. The number of hydrogen-bond acceptors (Lipinski definition) is 3. The maximum absolute atomic E-state index is 9.11. The molecule has 0 unspecified atom stereocenters. The van der Waals surface area contributed by atoms with Crippen molar-refractivity contribution in [1.82, 2.24) is 10.6 Å². The van der Waals surface area contributed by atoms with Crippen molar-refractivity contribution < 1.29 is 5.11 Å². The average molecular weight is 132 g/mol. The third kappa shape index (κ3) is 7.88. The third-order valence-corrected chi connectivity index (χ3v) is 0.933. The van der Waals surface area contributed by atoms with Gasteiger partial charge in [-0.3, -0.25) is 5.32 Å². The van der Waals surface area contributed by atoms with E-state index in [1.54, 1.807) is 13.8 Å². The Bertz CT molecular complexity index is 67.9. The number of aliphatic hydroxyl groups is 1. The molecule has 0 aliphatic carbocycles. The molecule has 0 aromatic heterocycles. The number of likely N-dealkylation sites (N-methyl/N-ethyl adjacent to an activating group) is 1. The highest BCUT2D eigenvalue weighted by molar-refractivity contribution is 4.61. The van der Waals surface area contributed by atoms with Crippen molar-refractivity contribution in [2.24, 2.45) is 0 Å². The summed E-state index contributed by atoms with van der Waals surface area (Å²) in [4.78, 5) is 0. The Morgan fingerprint density at radius 1 is 1.33 bits per heavy atom. The monoisotopic (exact) mass is 132 g/mol. The highest BCUT2D eigenvalue weighted by Gasteiger charge is 2.08. The van der Waals surface area contributed by atoms with E-state index in [0.29, 0.717) is 0 Å². The smallest absolute Gasteiger partial charge is 0.110 e. The summed E-state index contributed by atoms with van der Waals surface area (Å²) in [6.45, 7) is 5.12. The van der Waals surface area contributed by atoms with E-state index in [2.05, 4.69) is 10.6 Å². The van der Waals surface area contributed by atoms with Crippen LogP contribution in [0.25, 0.3) is 0 Å². The van der Waals surface area contributed by atoms with Gasteiger partial charge in [0.1, 0.15) is 5.72 Å². The van der Waals surface area contributed by atoms with Crippen LogP contribution in [0.4, 0.5) is 0 Å². The van der Waals surface area contributed by atoms with Crippen molar-refractivity contribution >= 4 is 0 Å². The van der Waals surface area contributed by atoms with Crippen LogP contribution in [0.2, 0.25) is 0 Å². The second kappa shape index (κ2) is 3.82. The highest BCUT2D eigenvalue weighted by Crippen LogP contribution is 1.91. The molecule has 56 valence electrons. The van der Waals surface area contributed by atoms with Crippen molar-refractivity contribution in [1.29, 1.82) is 0 Å². The zero-order valence-electron chi connectivity index (χ0n) is 6.36. The maximum atomic E-state index is 9.11. The SMILES string of the molecule is CNCCNC(C)(C)O. The van der Waals surface area contributed by atoms with Crippen molar-refractivity contribution in [2.75, 3.05) is 20.1 Å². The van der Waals surface area contributed by atoms with Crippen molar-refractivity contribution in [3.05, 3.63) is 0 Å². The molecule has 3 heteroatoms. The lowest BCUT2D eigenvalue weighted by atomic mass is 10.3. The van der Waals surface area contributed by atoms with Gasteiger partial charge in [-0.15, -0.1) is 0 Å². The van der Waals surface area contributed by atoms with Gasteiger partial charge in [-0.2, -0.15) is 0 Å². The fraction of sp³-hybridized carbons (Fsp3) is 1.00. The molecule has 0 fully saturated rings. The van der Waals surface area contributed by atoms with Crippen LogP contribution < -0.4 is 10.6 Å². The van der Waals surface area contributed by atoms with E-state index in [9.17, 15) is 0 Å². The van der Waals surface area contributed by atoms with Gasteiger partial charge >= 0.3 is 0 Å². The van der Waals surface area contributed by atoms with E-state index >= 15 is 0 Å². The summed E-state index contributed by atoms with van der Waals surface area (Å²) in [5, 5.41) is 15.0. The normalized spacial score (nSPS) is 12.0. The van der Waals surface area contributed by atoms with Gasteiger partial charge in [0.15, 0.2) is 0 Å². The standard InChI is InChI=1S/C6H16N2O/c1-6(2,9)8-5-4-7-3/h7-9H,4-5H2,1-3H3. The first-order chi connectivity index (χ1) is 4.06. The fourth-order valence-corrected chi connectivity index (χ4v) is 0.493. The van der Waals surface area contributed by atoms with E-state index in [1.165, 1.54) is 0 Å². The van der Waals surface area contributed by atoms with Crippen LogP contribution in [0.3, 0.4) is 0 Å². The Morgan fingerprint density at radius 3 is 2.22 bits per heavy atom. The lowest BCUT2D eigenvalue weighted by molar-refractivity contribution is 0.0445. The first-order valence-corrected chi connectivity index (χ1v) is 3.18. The molecular formula is C6H16N2O. The van der Waals surface area contributed by atoms with Crippen molar-refractivity contribution in [2.45, 2.75) is 19.6 Å². The van der Waals surface area contributed by atoms with Crippen LogP contribution in [-0.2, 0) is 0 Å². The molecule has 0 aromatic rings. The van der Waals surface area contributed by atoms with Crippen LogP contribution in [0.15, 0.2) is 0 Å². The zero-order valence-corrected chi connectivity index (χ0v) is 6.36. The van der Waals surface area contributed by atoms with Gasteiger partial charge in [-0.25, -0.2) is 0 Å². The Kier molecular flexibility index (Phi) is 3.77. The van der Waals surface area contributed by atoms with Gasteiger partial charge in [0.25, 0.3) is 0 Å². The molecule has 0 saturated carbocycles. The number of rotatable bonds is 4. The lowest BCUT2D eigenvalue weighted by Crippen LogP contribution is -2.41. The molecule has 0 amide bonds. The van der Waals surface area contributed by atoms with Gasteiger partial charge < -0.3 is 10.4 Å². The third-order valence-electron chi connectivity index (χ3n) is 0.933. The molecule has 3 N–H and O–H groups in total. The summed E-state index contributed by atoms with van der Waals surface area (Å²) in [6, 6.07) is 0. The molecule has 0 atom stereocenters. The Labute approximate surface area is 56.5 Å². The van der Waals surface area contributed by atoms with E-state index in [1.807, 2.05) is 7.05 Å². The Morgan fingerprint density at radius 2 is 1.89 bits per heavy atom. The average Bonchev–Trinajstić information content (AvgIpc) is 1.63. The molecule has 0 radical (unpaired) electrons. The molecule has 0 aliphatic rings. The van der Waals surface area contributed by atoms with Gasteiger partial charge in [0.2, 0.25) is 0 Å². The van der Waals surface area contributed by atoms with E-state index in [-0.39, 0.29) is 0 Å². The quantitative estimate of drug-likeness (QED) is 0.358. The lowest BCUT2D eigenvalue weighted by Gasteiger charge is -2.18. The van der Waals surface area contributed by atoms with Crippen LogP contribution in [0, 0.1) is 0 Å². The first-order valence-electron chi connectivity index (χ1n) is 3.18. The van der Waals surface area contributed by atoms with Crippen LogP contribution in [-0.4, -0.2) is 31.0 Å². The summed E-state index contributed by atoms with van der Waals surface area (Å²) in [6.07, 6.45) is 0. The number of nitrogens with one attached hydrogen (secondary N) is 2. The van der Waals surface area contributed by atoms with Crippen LogP contribution in [0.1, 0.15) is 13.8 Å². The number of hydrogen-bond donors (Lipinski definition) is 3. The minimum Gasteiger partial charge on any atom is -0.376 e. The second-order valence-corrected chi connectivity index (χ2v) is 2.59. The van der Waals surface area contributed by atoms with Crippen molar-refractivity contribution in [3.63, 3.8) is 0 Å². The molecule has 0 spiro atoms. The maximum Gasteiger partial charge on any atom is 0.110 e. The van der Waals surface area contributed by atoms with E-state index in [0.717, 1.165) is 13.1 Å². The van der Waals surface area contributed by atoms with Gasteiger partial charge in [-0.1, -0.05) is 0 Å². The summed E-state index contributed by atoms with van der Waals surface area (Å²) in [5.74, 6) is 0. The first kappa shape index (κ1) is 8.88. The minimum absolute atomic E-state index is 0.739. The Hall–Kier alpha value is -0.120. The largest absolute Gasteiger partial charge is 0.376 e. The summed E-state index contributed by atoms with van der Waals surface area (Å²) >= 11 is 0. The summed E-state index contributed by atoms with van der Waals surface area (Å²) < 4.78 is 0. The predicted molar refractivity (Wildman–Crippen MR) is 38.2 cm³/mol. The molecule has 0 aromatic carbocycles. The molecular weight excluding hydrogens is 116 g/mol. The topological polar surface area (TPSA) is 44.3 Å². The highest BCUT2D eigenvalue weighted by atomic mass is 16.3. The zero-order chi connectivity index (χ0) is 7.33. The molecule has 0 heterocycles. The summed E-state index contributed by atoms with van der Waals surface area (Å²) in [5.41, 5.74) is -0.739. The van der Waals surface area contributed by atoms with Crippen LogP contribution >= 0.6 is 0 Å². The minimum atomic E-state index is -0.739. The molecule has 0 aliphatic heterocycles. The van der Waals surface area contributed by atoms with E-state index < -0.39 is 5.72 Å².